The van der Waals surface area contributed by atoms with Crippen molar-refractivity contribution in [2.45, 2.75) is 12.8 Å². The fourth-order valence-corrected chi connectivity index (χ4v) is 8.39. The highest BCUT2D eigenvalue weighted by atomic mass is 16.3. The van der Waals surface area contributed by atoms with Crippen molar-refractivity contribution in [2.24, 2.45) is 0 Å². The molecule has 0 atom stereocenters. The van der Waals surface area contributed by atoms with Gasteiger partial charge in [-0.15, -0.1) is 0 Å². The SMILES string of the molecule is C1=C(c2ccccc2)CCC(c2ccc(-c3nc(-c4ccccc4)nc(-c4ccc5ccc(-c6cc(-c7ccccc7)cc7oc8ccccc8c67)cc5c4)n3)cc2)=C1. The predicted molar refractivity (Wildman–Crippen MR) is 243 cm³/mol. The highest BCUT2D eigenvalue weighted by molar-refractivity contribution is 6.14. The second-order valence-corrected chi connectivity index (χ2v) is 15.1. The molecule has 1 aliphatic rings. The Morgan fingerprint density at radius 2 is 0.831 bits per heavy atom. The number of rotatable bonds is 7. The number of benzene rings is 8. The van der Waals surface area contributed by atoms with Crippen molar-refractivity contribution in [3.05, 3.63) is 211 Å². The van der Waals surface area contributed by atoms with Crippen molar-refractivity contribution in [2.75, 3.05) is 0 Å². The minimum absolute atomic E-state index is 0.632. The Morgan fingerprint density at radius 3 is 1.49 bits per heavy atom. The first-order valence-corrected chi connectivity index (χ1v) is 20.1. The van der Waals surface area contributed by atoms with E-state index in [2.05, 4.69) is 164 Å². The standard InChI is InChI=1S/C55H37N3O/c1-4-12-36(13-5-1)38-20-22-39(23-21-38)40-24-28-43(29-25-40)54-56-53(42-16-8-3-9-17-42)57-55(58-54)45-31-27-41-26-30-44(32-46(41)33-45)49-34-47(37-14-6-2-7-15-37)35-51-52(49)48-18-10-11-19-50(48)59-51/h1-20,22,24-35H,21,23H2. The molecule has 11 rings (SSSR count). The second-order valence-electron chi connectivity index (χ2n) is 15.1. The van der Waals surface area contributed by atoms with Gasteiger partial charge in [-0.3, -0.25) is 0 Å². The van der Waals surface area contributed by atoms with Gasteiger partial charge in [0.1, 0.15) is 11.2 Å². The van der Waals surface area contributed by atoms with Gasteiger partial charge < -0.3 is 4.42 Å². The molecule has 1 aliphatic carbocycles. The summed E-state index contributed by atoms with van der Waals surface area (Å²) in [6, 6.07) is 65.9. The summed E-state index contributed by atoms with van der Waals surface area (Å²) in [7, 11) is 0. The van der Waals surface area contributed by atoms with Crippen molar-refractivity contribution in [3.8, 4) is 56.4 Å². The molecule has 0 radical (unpaired) electrons. The smallest absolute Gasteiger partial charge is 0.164 e. The first kappa shape index (κ1) is 34.5. The van der Waals surface area contributed by atoms with Gasteiger partial charge in [0.25, 0.3) is 0 Å². The monoisotopic (exact) mass is 755 g/mol. The molecule has 2 heterocycles. The number of allylic oxidation sites excluding steroid dienone is 4. The number of hydrogen-bond acceptors (Lipinski definition) is 4. The number of hydrogen-bond donors (Lipinski definition) is 0. The Bertz CT molecular complexity index is 3240. The molecule has 10 aromatic rings. The van der Waals surface area contributed by atoms with Crippen LogP contribution in [-0.4, -0.2) is 15.0 Å². The molecule has 2 aromatic heterocycles. The van der Waals surface area contributed by atoms with Crippen LogP contribution in [0.1, 0.15) is 24.0 Å². The molecule has 0 saturated heterocycles. The maximum atomic E-state index is 6.47. The molecule has 0 spiro atoms. The van der Waals surface area contributed by atoms with E-state index in [9.17, 15) is 0 Å². The van der Waals surface area contributed by atoms with Crippen molar-refractivity contribution < 1.29 is 4.42 Å². The highest BCUT2D eigenvalue weighted by Crippen LogP contribution is 2.41. The van der Waals surface area contributed by atoms with Gasteiger partial charge in [0.05, 0.1) is 0 Å². The zero-order valence-electron chi connectivity index (χ0n) is 32.2. The number of nitrogens with zero attached hydrogens (tertiary/aromatic N) is 3. The summed E-state index contributed by atoms with van der Waals surface area (Å²) in [5.74, 6) is 1.92. The molecule has 0 N–H and O–H groups in total. The molecule has 59 heavy (non-hydrogen) atoms. The third-order valence-corrected chi connectivity index (χ3v) is 11.5. The maximum Gasteiger partial charge on any atom is 0.164 e. The van der Waals surface area contributed by atoms with Crippen molar-refractivity contribution in [1.82, 2.24) is 15.0 Å². The zero-order chi connectivity index (χ0) is 39.1. The minimum Gasteiger partial charge on any atom is -0.456 e. The highest BCUT2D eigenvalue weighted by Gasteiger charge is 2.18. The van der Waals surface area contributed by atoms with E-state index in [0.717, 1.165) is 84.5 Å². The van der Waals surface area contributed by atoms with Gasteiger partial charge in [-0.25, -0.2) is 15.0 Å². The average molecular weight is 756 g/mol. The average Bonchev–Trinajstić information content (AvgIpc) is 3.70. The summed E-state index contributed by atoms with van der Waals surface area (Å²) >= 11 is 0. The van der Waals surface area contributed by atoms with Crippen LogP contribution in [0.15, 0.2) is 205 Å². The Labute approximate surface area is 342 Å². The van der Waals surface area contributed by atoms with Gasteiger partial charge in [0.15, 0.2) is 17.5 Å². The molecule has 0 bridgehead atoms. The van der Waals surface area contributed by atoms with E-state index in [-0.39, 0.29) is 0 Å². The lowest BCUT2D eigenvalue weighted by Crippen LogP contribution is -2.00. The predicted octanol–water partition coefficient (Wildman–Crippen LogP) is 14.5. The third-order valence-electron chi connectivity index (χ3n) is 11.5. The van der Waals surface area contributed by atoms with E-state index in [1.54, 1.807) is 0 Å². The lowest BCUT2D eigenvalue weighted by molar-refractivity contribution is 0.669. The van der Waals surface area contributed by atoms with Gasteiger partial charge in [-0.1, -0.05) is 170 Å². The molecule has 0 fully saturated rings. The van der Waals surface area contributed by atoms with E-state index in [0.29, 0.717) is 17.5 Å². The minimum atomic E-state index is 0.632. The molecule has 8 aromatic carbocycles. The molecule has 0 unspecified atom stereocenters. The molecule has 0 aliphatic heterocycles. The summed E-state index contributed by atoms with van der Waals surface area (Å²) < 4.78 is 6.47. The topological polar surface area (TPSA) is 51.8 Å². The van der Waals surface area contributed by atoms with Crippen molar-refractivity contribution in [3.63, 3.8) is 0 Å². The number of fused-ring (bicyclic) bond motifs is 4. The molecule has 4 nitrogen and oxygen atoms in total. The van der Waals surface area contributed by atoms with E-state index >= 15 is 0 Å². The number of furan rings is 1. The van der Waals surface area contributed by atoms with Gasteiger partial charge in [-0.05, 0) is 98.5 Å². The van der Waals surface area contributed by atoms with Crippen LogP contribution in [0.4, 0.5) is 0 Å². The fraction of sp³-hybridized carbons (Fsp3) is 0.0364. The third kappa shape index (κ3) is 6.61. The Balaban J connectivity index is 0.991. The molecular formula is C55H37N3O. The van der Waals surface area contributed by atoms with Gasteiger partial charge in [0.2, 0.25) is 0 Å². The van der Waals surface area contributed by atoms with Crippen molar-refractivity contribution >= 4 is 43.9 Å². The van der Waals surface area contributed by atoms with E-state index in [1.165, 1.54) is 22.3 Å². The van der Waals surface area contributed by atoms with Crippen LogP contribution in [0.3, 0.4) is 0 Å². The summed E-state index contributed by atoms with van der Waals surface area (Å²) in [5, 5.41) is 4.46. The van der Waals surface area contributed by atoms with Crippen LogP contribution in [0.5, 0.6) is 0 Å². The number of para-hydroxylation sites is 1. The van der Waals surface area contributed by atoms with Crippen LogP contribution in [0.25, 0.3) is 100 Å². The lowest BCUT2D eigenvalue weighted by Gasteiger charge is -2.16. The van der Waals surface area contributed by atoms with Crippen LogP contribution in [-0.2, 0) is 0 Å². The molecule has 0 amide bonds. The van der Waals surface area contributed by atoms with E-state index < -0.39 is 0 Å². The summed E-state index contributed by atoms with van der Waals surface area (Å²) in [4.78, 5) is 15.2. The van der Waals surface area contributed by atoms with Gasteiger partial charge in [-0.2, -0.15) is 0 Å². The van der Waals surface area contributed by atoms with E-state index in [1.807, 2.05) is 36.4 Å². The van der Waals surface area contributed by atoms with Gasteiger partial charge in [0, 0.05) is 27.5 Å². The quantitative estimate of drug-likeness (QED) is 0.163. The normalized spacial score (nSPS) is 12.8. The first-order chi connectivity index (χ1) is 29.2. The van der Waals surface area contributed by atoms with Crippen LogP contribution < -0.4 is 0 Å². The lowest BCUT2D eigenvalue weighted by atomic mass is 9.90. The largest absolute Gasteiger partial charge is 0.456 e. The summed E-state index contributed by atoms with van der Waals surface area (Å²) in [5.41, 5.74) is 14.3. The van der Waals surface area contributed by atoms with Crippen LogP contribution >= 0.6 is 0 Å². The first-order valence-electron chi connectivity index (χ1n) is 20.1. The molecule has 0 saturated carbocycles. The molecule has 278 valence electrons. The molecule has 4 heteroatoms. The molecular weight excluding hydrogens is 719 g/mol. The second kappa shape index (κ2) is 14.7. The maximum absolute atomic E-state index is 6.47. The van der Waals surface area contributed by atoms with Crippen LogP contribution in [0.2, 0.25) is 0 Å². The van der Waals surface area contributed by atoms with Crippen molar-refractivity contribution in [1.29, 1.82) is 0 Å². The van der Waals surface area contributed by atoms with Gasteiger partial charge >= 0.3 is 0 Å². The summed E-state index contributed by atoms with van der Waals surface area (Å²) in [6.07, 6.45) is 6.55. The Hall–Kier alpha value is -7.69. The number of aromatic nitrogens is 3. The zero-order valence-corrected chi connectivity index (χ0v) is 32.2. The van der Waals surface area contributed by atoms with E-state index in [4.69, 9.17) is 19.4 Å². The van der Waals surface area contributed by atoms with Crippen LogP contribution in [0, 0.1) is 0 Å². The summed E-state index contributed by atoms with van der Waals surface area (Å²) in [6.45, 7) is 0. The fourth-order valence-electron chi connectivity index (χ4n) is 8.39. The Morgan fingerprint density at radius 1 is 0.339 bits per heavy atom. The Kier molecular flexibility index (Phi) is 8.59.